The van der Waals surface area contributed by atoms with Crippen LogP contribution in [0.4, 0.5) is 5.95 Å². The number of rotatable bonds is 2. The summed E-state index contributed by atoms with van der Waals surface area (Å²) < 4.78 is 1.84. The zero-order valence-corrected chi connectivity index (χ0v) is 14.8. The summed E-state index contributed by atoms with van der Waals surface area (Å²) in [4.78, 5) is 25.3. The Bertz CT molecular complexity index is 1170. The summed E-state index contributed by atoms with van der Waals surface area (Å²) in [6.07, 6.45) is 4.82. The molecule has 1 aromatic carbocycles. The molecule has 8 heteroatoms. The van der Waals surface area contributed by atoms with Gasteiger partial charge < -0.3 is 5.73 Å². The van der Waals surface area contributed by atoms with Crippen LogP contribution in [0.3, 0.4) is 0 Å². The summed E-state index contributed by atoms with van der Waals surface area (Å²) in [7, 11) is 0. The van der Waals surface area contributed by atoms with Gasteiger partial charge in [0.15, 0.2) is 0 Å². The first kappa shape index (κ1) is 16.6. The van der Waals surface area contributed by atoms with E-state index >= 15 is 0 Å². The van der Waals surface area contributed by atoms with Gasteiger partial charge in [-0.2, -0.15) is 4.98 Å². The van der Waals surface area contributed by atoms with E-state index < -0.39 is 0 Å². The summed E-state index contributed by atoms with van der Waals surface area (Å²) in [5.41, 5.74) is 8.24. The molecule has 1 atom stereocenters. The number of nitrogen functional groups attached to an aromatic ring is 1. The van der Waals surface area contributed by atoms with Crippen LogP contribution in [0.25, 0.3) is 17.0 Å². The second kappa shape index (κ2) is 6.80. The molecule has 0 saturated heterocycles. The molecule has 2 N–H and O–H groups in total. The van der Waals surface area contributed by atoms with Crippen molar-refractivity contribution in [3.8, 4) is 17.8 Å². The molecule has 0 spiro atoms. The van der Waals surface area contributed by atoms with E-state index in [-0.39, 0.29) is 11.9 Å². The Morgan fingerprint density at radius 1 is 1.07 bits per heavy atom. The van der Waals surface area contributed by atoms with Crippen LogP contribution in [0.15, 0.2) is 43.0 Å². The molecule has 0 amide bonds. The molecule has 3 heterocycles. The van der Waals surface area contributed by atoms with Crippen molar-refractivity contribution < 1.29 is 0 Å². The van der Waals surface area contributed by atoms with E-state index in [1.165, 1.54) is 6.33 Å². The Morgan fingerprint density at radius 2 is 1.89 bits per heavy atom. The lowest BCUT2D eigenvalue weighted by Crippen LogP contribution is -2.06. The first-order valence-corrected chi connectivity index (χ1v) is 8.34. The standard InChI is InChI=1S/C19H16N8/c1-12(17-21-8-3-9-22-17)4-5-14-6-7-15-16(10-14)27(13(2)25-15)19-24-11-23-18(20)26-19/h3,6-12H,1-2H3,(H2,20,23,24,26). The Kier molecular flexibility index (Phi) is 4.18. The van der Waals surface area contributed by atoms with Crippen molar-refractivity contribution in [2.75, 3.05) is 5.73 Å². The quantitative estimate of drug-likeness (QED) is 0.548. The highest BCUT2D eigenvalue weighted by Gasteiger charge is 2.12. The van der Waals surface area contributed by atoms with Crippen LogP contribution < -0.4 is 5.73 Å². The minimum absolute atomic E-state index is 0.0723. The SMILES string of the molecule is Cc1nc2ccc(C#CC(C)c3ncccn3)cc2n1-c1ncnc(N)n1. The molecule has 0 radical (unpaired) electrons. The van der Waals surface area contributed by atoms with E-state index in [0.29, 0.717) is 11.8 Å². The Morgan fingerprint density at radius 3 is 2.67 bits per heavy atom. The maximum atomic E-state index is 5.69. The topological polar surface area (TPSA) is 108 Å². The minimum Gasteiger partial charge on any atom is -0.368 e. The summed E-state index contributed by atoms with van der Waals surface area (Å²) in [6, 6.07) is 7.61. The Balaban J connectivity index is 1.75. The first-order chi connectivity index (χ1) is 13.1. The molecule has 0 fully saturated rings. The van der Waals surface area contributed by atoms with E-state index in [1.54, 1.807) is 18.5 Å². The van der Waals surface area contributed by atoms with Gasteiger partial charge in [-0.1, -0.05) is 11.8 Å². The zero-order chi connectivity index (χ0) is 18.8. The van der Waals surface area contributed by atoms with E-state index in [0.717, 1.165) is 22.4 Å². The van der Waals surface area contributed by atoms with Gasteiger partial charge in [0.2, 0.25) is 11.9 Å². The predicted octanol–water partition coefficient (Wildman–Crippen LogP) is 2.05. The van der Waals surface area contributed by atoms with Crippen molar-refractivity contribution in [2.24, 2.45) is 0 Å². The molecule has 8 nitrogen and oxygen atoms in total. The third-order valence-electron chi connectivity index (χ3n) is 4.01. The molecule has 4 aromatic rings. The highest BCUT2D eigenvalue weighted by molar-refractivity contribution is 5.79. The van der Waals surface area contributed by atoms with Gasteiger partial charge in [0.1, 0.15) is 18.0 Å². The van der Waals surface area contributed by atoms with Crippen LogP contribution in [0.5, 0.6) is 0 Å². The molecule has 3 aromatic heterocycles. The molecular formula is C19H16N8. The number of anilines is 1. The van der Waals surface area contributed by atoms with Crippen molar-refractivity contribution in [3.05, 3.63) is 60.2 Å². The van der Waals surface area contributed by atoms with E-state index in [2.05, 4.69) is 41.7 Å². The van der Waals surface area contributed by atoms with Gasteiger partial charge in [0.05, 0.1) is 17.0 Å². The average Bonchev–Trinajstić information content (AvgIpc) is 3.01. The highest BCUT2D eigenvalue weighted by atomic mass is 15.2. The second-order valence-corrected chi connectivity index (χ2v) is 5.94. The molecule has 4 rings (SSSR count). The number of hydrogen-bond acceptors (Lipinski definition) is 7. The number of aryl methyl sites for hydroxylation is 1. The van der Waals surface area contributed by atoms with Gasteiger partial charge in [0, 0.05) is 18.0 Å². The third kappa shape index (κ3) is 3.30. The monoisotopic (exact) mass is 356 g/mol. The molecule has 0 aliphatic carbocycles. The van der Waals surface area contributed by atoms with Gasteiger partial charge in [0.25, 0.3) is 0 Å². The number of benzene rings is 1. The number of hydrogen-bond donors (Lipinski definition) is 1. The molecule has 1 unspecified atom stereocenters. The molecule has 0 aliphatic heterocycles. The Hall–Kier alpha value is -3.86. The molecule has 27 heavy (non-hydrogen) atoms. The van der Waals surface area contributed by atoms with Crippen LogP contribution in [0.1, 0.15) is 30.1 Å². The first-order valence-electron chi connectivity index (χ1n) is 8.34. The van der Waals surface area contributed by atoms with Crippen molar-refractivity contribution in [1.29, 1.82) is 0 Å². The number of fused-ring (bicyclic) bond motifs is 1. The maximum Gasteiger partial charge on any atom is 0.240 e. The fourth-order valence-corrected chi connectivity index (χ4v) is 2.72. The number of nitrogens with zero attached hydrogens (tertiary/aromatic N) is 7. The second-order valence-electron chi connectivity index (χ2n) is 5.94. The lowest BCUT2D eigenvalue weighted by Gasteiger charge is -2.05. The molecular weight excluding hydrogens is 340 g/mol. The van der Waals surface area contributed by atoms with Gasteiger partial charge in [-0.05, 0) is 38.1 Å². The van der Waals surface area contributed by atoms with Crippen molar-refractivity contribution >= 4 is 17.0 Å². The lowest BCUT2D eigenvalue weighted by molar-refractivity contribution is 0.864. The van der Waals surface area contributed by atoms with Crippen LogP contribution >= 0.6 is 0 Å². The van der Waals surface area contributed by atoms with E-state index in [1.807, 2.05) is 36.6 Å². The predicted molar refractivity (Wildman–Crippen MR) is 101 cm³/mol. The van der Waals surface area contributed by atoms with Crippen LogP contribution in [-0.4, -0.2) is 34.5 Å². The number of nitrogens with two attached hydrogens (primary N) is 1. The van der Waals surface area contributed by atoms with Gasteiger partial charge in [-0.15, -0.1) is 0 Å². The van der Waals surface area contributed by atoms with Gasteiger partial charge in [-0.3, -0.25) is 4.57 Å². The third-order valence-corrected chi connectivity index (χ3v) is 4.01. The van der Waals surface area contributed by atoms with Crippen LogP contribution in [-0.2, 0) is 0 Å². The molecule has 132 valence electrons. The van der Waals surface area contributed by atoms with E-state index in [9.17, 15) is 0 Å². The summed E-state index contributed by atoms with van der Waals surface area (Å²) >= 11 is 0. The number of aromatic nitrogens is 7. The average molecular weight is 356 g/mol. The molecule has 0 saturated carbocycles. The Labute approximate surface area is 155 Å². The van der Waals surface area contributed by atoms with Crippen LogP contribution in [0.2, 0.25) is 0 Å². The maximum absolute atomic E-state index is 5.69. The number of imidazole rings is 1. The van der Waals surface area contributed by atoms with Crippen LogP contribution in [0, 0.1) is 18.8 Å². The van der Waals surface area contributed by atoms with Crippen molar-refractivity contribution in [3.63, 3.8) is 0 Å². The highest BCUT2D eigenvalue weighted by Crippen LogP contribution is 2.20. The largest absolute Gasteiger partial charge is 0.368 e. The summed E-state index contributed by atoms with van der Waals surface area (Å²) in [6.45, 7) is 3.86. The van der Waals surface area contributed by atoms with Crippen molar-refractivity contribution in [1.82, 2.24) is 34.5 Å². The smallest absolute Gasteiger partial charge is 0.240 e. The van der Waals surface area contributed by atoms with Gasteiger partial charge >= 0.3 is 0 Å². The van der Waals surface area contributed by atoms with E-state index in [4.69, 9.17) is 5.73 Å². The molecule has 0 bridgehead atoms. The van der Waals surface area contributed by atoms with Crippen molar-refractivity contribution in [2.45, 2.75) is 19.8 Å². The summed E-state index contributed by atoms with van der Waals surface area (Å²) in [5.74, 6) is 8.35. The summed E-state index contributed by atoms with van der Waals surface area (Å²) in [5, 5.41) is 0. The fraction of sp³-hybridized carbons (Fsp3) is 0.158. The zero-order valence-electron chi connectivity index (χ0n) is 14.8. The normalized spacial score (nSPS) is 11.8. The van der Waals surface area contributed by atoms with Gasteiger partial charge in [-0.25, -0.2) is 24.9 Å². The molecule has 0 aliphatic rings. The lowest BCUT2D eigenvalue weighted by atomic mass is 10.1. The minimum atomic E-state index is -0.0723. The fourth-order valence-electron chi connectivity index (χ4n) is 2.72.